The molecule has 0 unspecified atom stereocenters. The number of hydrogen-bond acceptors (Lipinski definition) is 5. The Kier molecular flexibility index (Phi) is 4.57. The molecule has 0 radical (unpaired) electrons. The van der Waals surface area contributed by atoms with Crippen LogP contribution in [-0.4, -0.2) is 56.6 Å². The summed E-state index contributed by atoms with van der Waals surface area (Å²) < 4.78 is 8.22. The fourth-order valence-electron chi connectivity index (χ4n) is 3.09. The lowest BCUT2D eigenvalue weighted by Gasteiger charge is -2.46. The summed E-state index contributed by atoms with van der Waals surface area (Å²) in [5.41, 5.74) is 0.720. The average Bonchev–Trinajstić information content (AvgIpc) is 2.81. The molecule has 9 heteroatoms. The van der Waals surface area contributed by atoms with Crippen LogP contribution in [0.2, 0.25) is 0 Å². The number of imidazole rings is 1. The SMILES string of the molecule is COC1(C)CN(C(=O)CCC(=O)Nc2ccc3c(n2)n(C)c(=O)n3C)C1. The van der Waals surface area contributed by atoms with Crippen LogP contribution < -0.4 is 11.0 Å². The highest BCUT2D eigenvalue weighted by atomic mass is 16.5. The molecule has 1 aliphatic rings. The van der Waals surface area contributed by atoms with Gasteiger partial charge >= 0.3 is 5.69 Å². The van der Waals surface area contributed by atoms with Crippen LogP contribution in [-0.2, 0) is 28.4 Å². The number of carbonyl (C=O) groups excluding carboxylic acids is 2. The number of aromatic nitrogens is 3. The summed E-state index contributed by atoms with van der Waals surface area (Å²) in [5.74, 6) is -0.00300. The molecule has 2 aromatic rings. The Morgan fingerprint density at radius 3 is 2.58 bits per heavy atom. The van der Waals surface area contributed by atoms with Gasteiger partial charge in [0.1, 0.15) is 5.82 Å². The summed E-state index contributed by atoms with van der Waals surface area (Å²) >= 11 is 0. The Morgan fingerprint density at radius 2 is 1.92 bits per heavy atom. The lowest BCUT2D eigenvalue weighted by atomic mass is 9.96. The van der Waals surface area contributed by atoms with Gasteiger partial charge in [-0.15, -0.1) is 0 Å². The summed E-state index contributed by atoms with van der Waals surface area (Å²) in [6.45, 7) is 3.04. The summed E-state index contributed by atoms with van der Waals surface area (Å²) in [5, 5.41) is 2.68. The van der Waals surface area contributed by atoms with Gasteiger partial charge in [0.25, 0.3) is 0 Å². The molecule has 1 fully saturated rings. The second-order valence-electron chi connectivity index (χ2n) is 6.89. The molecular weight excluding hydrogens is 338 g/mol. The Hall–Kier alpha value is -2.68. The Labute approximate surface area is 150 Å². The Balaban J connectivity index is 1.57. The number of likely N-dealkylation sites (tertiary alicyclic amines) is 1. The van der Waals surface area contributed by atoms with Gasteiger partial charge in [-0.05, 0) is 19.1 Å². The van der Waals surface area contributed by atoms with Gasteiger partial charge in [-0.25, -0.2) is 9.78 Å². The van der Waals surface area contributed by atoms with Crippen molar-refractivity contribution in [1.82, 2.24) is 19.0 Å². The zero-order chi connectivity index (χ0) is 19.1. The minimum atomic E-state index is -0.291. The van der Waals surface area contributed by atoms with Crippen LogP contribution in [0.4, 0.5) is 5.82 Å². The summed E-state index contributed by atoms with van der Waals surface area (Å²) in [6, 6.07) is 3.37. The first-order chi connectivity index (χ1) is 12.2. The van der Waals surface area contributed by atoms with E-state index in [9.17, 15) is 14.4 Å². The van der Waals surface area contributed by atoms with Crippen molar-refractivity contribution in [2.24, 2.45) is 14.1 Å². The third kappa shape index (κ3) is 3.22. The van der Waals surface area contributed by atoms with E-state index in [2.05, 4.69) is 10.3 Å². The number of pyridine rings is 1. The van der Waals surface area contributed by atoms with Gasteiger partial charge in [-0.2, -0.15) is 0 Å². The fraction of sp³-hybridized carbons (Fsp3) is 0.529. The standard InChI is InChI=1S/C17H23N5O4/c1-17(26-4)9-22(10-17)14(24)8-7-13(23)18-12-6-5-11-15(19-12)21(3)16(25)20(11)2/h5-6H,7-10H2,1-4H3,(H,18,19,23). The number of anilines is 1. The predicted octanol–water partition coefficient (Wildman–Crippen LogP) is 0.238. The molecule has 1 saturated heterocycles. The monoisotopic (exact) mass is 361 g/mol. The van der Waals surface area contributed by atoms with Crippen molar-refractivity contribution in [1.29, 1.82) is 0 Å². The minimum Gasteiger partial charge on any atom is -0.375 e. The number of nitrogens with one attached hydrogen (secondary N) is 1. The lowest BCUT2D eigenvalue weighted by Crippen LogP contribution is -2.62. The number of methoxy groups -OCH3 is 1. The van der Waals surface area contributed by atoms with Crippen molar-refractivity contribution in [3.63, 3.8) is 0 Å². The number of amides is 2. The van der Waals surface area contributed by atoms with Gasteiger partial charge in [0.05, 0.1) is 24.2 Å². The molecule has 140 valence electrons. The van der Waals surface area contributed by atoms with Crippen molar-refractivity contribution < 1.29 is 14.3 Å². The van der Waals surface area contributed by atoms with Gasteiger partial charge < -0.3 is 15.0 Å². The zero-order valence-electron chi connectivity index (χ0n) is 15.4. The predicted molar refractivity (Wildman–Crippen MR) is 95.8 cm³/mol. The first kappa shape index (κ1) is 18.1. The molecule has 2 aromatic heterocycles. The Bertz CT molecular complexity index is 923. The molecule has 2 amide bonds. The quantitative estimate of drug-likeness (QED) is 0.822. The molecule has 0 spiro atoms. The van der Waals surface area contributed by atoms with Crippen LogP contribution in [0.1, 0.15) is 19.8 Å². The second kappa shape index (κ2) is 6.56. The summed E-state index contributed by atoms with van der Waals surface area (Å²) in [6.07, 6.45) is 0.212. The van der Waals surface area contributed by atoms with Crippen molar-refractivity contribution in [2.45, 2.75) is 25.4 Å². The first-order valence-electron chi connectivity index (χ1n) is 8.39. The number of aryl methyl sites for hydroxylation is 2. The van der Waals surface area contributed by atoms with Gasteiger partial charge in [-0.1, -0.05) is 0 Å². The van der Waals surface area contributed by atoms with Crippen LogP contribution in [0.5, 0.6) is 0 Å². The zero-order valence-corrected chi connectivity index (χ0v) is 15.4. The molecule has 26 heavy (non-hydrogen) atoms. The van der Waals surface area contributed by atoms with Gasteiger partial charge in [-0.3, -0.25) is 18.7 Å². The van der Waals surface area contributed by atoms with Crippen LogP contribution in [0.15, 0.2) is 16.9 Å². The van der Waals surface area contributed by atoms with E-state index in [4.69, 9.17) is 4.74 Å². The van der Waals surface area contributed by atoms with Gasteiger partial charge in [0, 0.05) is 34.0 Å². The molecule has 1 N–H and O–H groups in total. The van der Waals surface area contributed by atoms with Crippen molar-refractivity contribution >= 4 is 28.8 Å². The number of hydrogen-bond donors (Lipinski definition) is 1. The number of carbonyl (C=O) groups is 2. The number of ether oxygens (including phenoxy) is 1. The maximum atomic E-state index is 12.1. The van der Waals surface area contributed by atoms with Crippen molar-refractivity contribution in [3.05, 3.63) is 22.6 Å². The molecular formula is C17H23N5O4. The van der Waals surface area contributed by atoms with E-state index in [0.717, 1.165) is 0 Å². The lowest BCUT2D eigenvalue weighted by molar-refractivity contribution is -0.158. The van der Waals surface area contributed by atoms with Crippen molar-refractivity contribution in [3.8, 4) is 0 Å². The largest absolute Gasteiger partial charge is 0.375 e. The van der Waals surface area contributed by atoms with Crippen LogP contribution >= 0.6 is 0 Å². The molecule has 0 saturated carbocycles. The van der Waals surface area contributed by atoms with E-state index in [1.165, 1.54) is 9.13 Å². The topological polar surface area (TPSA) is 98.5 Å². The van der Waals surface area contributed by atoms with Crippen LogP contribution in [0, 0.1) is 0 Å². The van der Waals surface area contributed by atoms with E-state index in [0.29, 0.717) is 30.1 Å². The van der Waals surface area contributed by atoms with E-state index in [1.807, 2.05) is 6.92 Å². The molecule has 9 nitrogen and oxygen atoms in total. The molecule has 0 atom stereocenters. The van der Waals surface area contributed by atoms with Gasteiger partial charge in [0.2, 0.25) is 11.8 Å². The molecule has 1 aliphatic heterocycles. The minimum absolute atomic E-state index is 0.0662. The highest BCUT2D eigenvalue weighted by Crippen LogP contribution is 2.24. The highest BCUT2D eigenvalue weighted by molar-refractivity contribution is 5.93. The smallest absolute Gasteiger partial charge is 0.329 e. The van der Waals surface area contributed by atoms with Crippen LogP contribution in [0.3, 0.4) is 0 Å². The van der Waals surface area contributed by atoms with E-state index < -0.39 is 0 Å². The van der Waals surface area contributed by atoms with E-state index in [1.54, 1.807) is 38.2 Å². The Morgan fingerprint density at radius 1 is 1.23 bits per heavy atom. The molecule has 0 aromatic carbocycles. The third-order valence-corrected chi connectivity index (χ3v) is 4.84. The molecule has 3 heterocycles. The summed E-state index contributed by atoms with van der Waals surface area (Å²) in [4.78, 5) is 42.1. The first-order valence-corrected chi connectivity index (χ1v) is 8.39. The second-order valence-corrected chi connectivity index (χ2v) is 6.89. The van der Waals surface area contributed by atoms with E-state index in [-0.39, 0.29) is 35.9 Å². The van der Waals surface area contributed by atoms with Gasteiger partial charge in [0.15, 0.2) is 5.65 Å². The van der Waals surface area contributed by atoms with Crippen molar-refractivity contribution in [2.75, 3.05) is 25.5 Å². The average molecular weight is 361 g/mol. The van der Waals surface area contributed by atoms with E-state index >= 15 is 0 Å². The van der Waals surface area contributed by atoms with Crippen LogP contribution in [0.25, 0.3) is 11.2 Å². The molecule has 3 rings (SSSR count). The fourth-order valence-corrected chi connectivity index (χ4v) is 3.09. The number of rotatable bonds is 5. The molecule has 0 aliphatic carbocycles. The normalized spacial score (nSPS) is 15.8. The number of fused-ring (bicyclic) bond motifs is 1. The maximum Gasteiger partial charge on any atom is 0.329 e. The molecule has 0 bridgehead atoms. The summed E-state index contributed by atoms with van der Waals surface area (Å²) in [7, 11) is 4.92. The maximum absolute atomic E-state index is 12.1. The highest BCUT2D eigenvalue weighted by Gasteiger charge is 2.41. The third-order valence-electron chi connectivity index (χ3n) is 4.84. The number of nitrogens with zero attached hydrogens (tertiary/aromatic N) is 4.